The number of H-pyrrole nitrogens is 1. The summed E-state index contributed by atoms with van der Waals surface area (Å²) in [5, 5.41) is 7.72. The lowest BCUT2D eigenvalue weighted by Gasteiger charge is -2.15. The van der Waals surface area contributed by atoms with Gasteiger partial charge in [0.25, 0.3) is 0 Å². The number of carbonyl (C=O) groups is 1. The van der Waals surface area contributed by atoms with Crippen LogP contribution in [0.3, 0.4) is 0 Å². The van der Waals surface area contributed by atoms with E-state index in [1.807, 2.05) is 89.3 Å². The Morgan fingerprint density at radius 1 is 0.893 bits per heavy atom. The van der Waals surface area contributed by atoms with Crippen molar-refractivity contribution in [2.24, 2.45) is 0 Å². The maximum absolute atomic E-state index is 13.3. The van der Waals surface area contributed by atoms with Crippen LogP contribution in [0.15, 0.2) is 90.1 Å². The minimum Gasteiger partial charge on any atom is -0.293 e. The van der Waals surface area contributed by atoms with Crippen LogP contribution < -0.4 is 0 Å². The van der Waals surface area contributed by atoms with E-state index < -0.39 is 5.25 Å². The largest absolute Gasteiger partial charge is 0.293 e. The number of hydrogen-bond acceptors (Lipinski definition) is 4. The number of thioether (sulfide) groups is 1. The first kappa shape index (κ1) is 16.8. The fourth-order valence-corrected chi connectivity index (χ4v) is 4.42. The Bertz CT molecular complexity index is 1260. The number of para-hydroxylation sites is 2. The summed E-state index contributed by atoms with van der Waals surface area (Å²) in [6.45, 7) is 0. The molecule has 5 nitrogen and oxygen atoms in total. The van der Waals surface area contributed by atoms with Crippen molar-refractivity contribution in [3.05, 3.63) is 96.1 Å². The molecule has 0 bridgehead atoms. The Morgan fingerprint density at radius 2 is 1.57 bits per heavy atom. The number of rotatable bonds is 5. The van der Waals surface area contributed by atoms with Gasteiger partial charge in [0.2, 0.25) is 5.78 Å². The molecule has 0 saturated heterocycles. The molecule has 5 aromatic rings. The summed E-state index contributed by atoms with van der Waals surface area (Å²) in [7, 11) is 0. The summed E-state index contributed by atoms with van der Waals surface area (Å²) in [6, 6.07) is 27.1. The monoisotopic (exact) mass is 384 g/mol. The lowest BCUT2D eigenvalue weighted by molar-refractivity contribution is 0.0989. The third-order valence-corrected chi connectivity index (χ3v) is 5.83. The minimum atomic E-state index is -0.406. The number of nitrogens with one attached hydrogen (secondary N) is 1. The minimum absolute atomic E-state index is 0.0531. The van der Waals surface area contributed by atoms with Crippen molar-refractivity contribution in [1.82, 2.24) is 19.6 Å². The van der Waals surface area contributed by atoms with Crippen LogP contribution in [0.2, 0.25) is 0 Å². The molecule has 6 heteroatoms. The maximum Gasteiger partial charge on any atom is 0.231 e. The van der Waals surface area contributed by atoms with Gasteiger partial charge in [-0.1, -0.05) is 84.6 Å². The first-order chi connectivity index (χ1) is 13.8. The quantitative estimate of drug-likeness (QED) is 0.345. The molecule has 28 heavy (non-hydrogen) atoms. The molecule has 0 saturated carbocycles. The van der Waals surface area contributed by atoms with Gasteiger partial charge in [-0.05, 0) is 17.7 Å². The van der Waals surface area contributed by atoms with Gasteiger partial charge in [0.15, 0.2) is 10.9 Å². The topological polar surface area (TPSA) is 63.0 Å². The van der Waals surface area contributed by atoms with E-state index in [0.29, 0.717) is 16.5 Å². The number of aromatic nitrogens is 4. The van der Waals surface area contributed by atoms with E-state index in [-0.39, 0.29) is 5.78 Å². The van der Waals surface area contributed by atoms with Crippen LogP contribution >= 0.6 is 11.8 Å². The predicted molar refractivity (Wildman–Crippen MR) is 111 cm³/mol. The second-order valence-electron chi connectivity index (χ2n) is 6.40. The Kier molecular flexibility index (Phi) is 4.18. The van der Waals surface area contributed by atoms with Gasteiger partial charge in [0.1, 0.15) is 5.25 Å². The van der Waals surface area contributed by atoms with E-state index in [4.69, 9.17) is 0 Å². The summed E-state index contributed by atoms with van der Waals surface area (Å²) in [5.41, 5.74) is 3.49. The van der Waals surface area contributed by atoms with E-state index in [9.17, 15) is 4.79 Å². The SMILES string of the molecule is O=C(c1ccccc1)[C@@H](Sc1n[nH]c2nc3ccccc3n12)c1ccccc1. The molecule has 0 amide bonds. The number of Topliss-reactive ketones (excluding diaryl/α,β-unsaturated/α-hetero) is 1. The van der Waals surface area contributed by atoms with Crippen LogP contribution in [0.4, 0.5) is 0 Å². The van der Waals surface area contributed by atoms with Crippen molar-refractivity contribution in [3.63, 3.8) is 0 Å². The predicted octanol–water partition coefficient (Wildman–Crippen LogP) is 4.93. The highest BCUT2D eigenvalue weighted by Crippen LogP contribution is 2.37. The first-order valence-corrected chi connectivity index (χ1v) is 9.81. The number of ketones is 1. The van der Waals surface area contributed by atoms with Crippen molar-refractivity contribution in [2.45, 2.75) is 10.4 Å². The van der Waals surface area contributed by atoms with Gasteiger partial charge in [-0.3, -0.25) is 9.20 Å². The number of carbonyl (C=O) groups excluding carboxylic acids is 1. The highest BCUT2D eigenvalue weighted by Gasteiger charge is 2.26. The van der Waals surface area contributed by atoms with Crippen LogP contribution in [0, 0.1) is 0 Å². The molecule has 5 rings (SSSR count). The molecule has 2 heterocycles. The number of hydrogen-bond donors (Lipinski definition) is 1. The van der Waals surface area contributed by atoms with Crippen molar-refractivity contribution in [1.29, 1.82) is 0 Å². The summed E-state index contributed by atoms with van der Waals surface area (Å²) in [6.07, 6.45) is 0. The second kappa shape index (κ2) is 6.98. The molecular weight excluding hydrogens is 368 g/mol. The van der Waals surface area contributed by atoms with Gasteiger partial charge in [0, 0.05) is 5.56 Å². The fraction of sp³-hybridized carbons (Fsp3) is 0.0455. The lowest BCUT2D eigenvalue weighted by atomic mass is 10.0. The third-order valence-electron chi connectivity index (χ3n) is 4.63. The summed E-state index contributed by atoms with van der Waals surface area (Å²) < 4.78 is 1.97. The molecule has 136 valence electrons. The number of aromatic amines is 1. The van der Waals surface area contributed by atoms with E-state index in [1.54, 1.807) is 0 Å². The van der Waals surface area contributed by atoms with Crippen molar-refractivity contribution >= 4 is 34.4 Å². The molecule has 0 aliphatic rings. The molecule has 3 aromatic carbocycles. The molecule has 0 spiro atoms. The highest BCUT2D eigenvalue weighted by atomic mass is 32.2. The zero-order valence-corrected chi connectivity index (χ0v) is 15.6. The van der Waals surface area contributed by atoms with Crippen LogP contribution in [-0.2, 0) is 0 Å². The number of nitrogens with zero attached hydrogens (tertiary/aromatic N) is 3. The van der Waals surface area contributed by atoms with Crippen molar-refractivity contribution < 1.29 is 4.79 Å². The van der Waals surface area contributed by atoms with Gasteiger partial charge in [-0.2, -0.15) is 0 Å². The van der Waals surface area contributed by atoms with Gasteiger partial charge in [0.05, 0.1) is 11.0 Å². The van der Waals surface area contributed by atoms with Gasteiger partial charge in [-0.25, -0.2) is 10.1 Å². The summed E-state index contributed by atoms with van der Waals surface area (Å²) >= 11 is 1.43. The molecule has 0 unspecified atom stereocenters. The maximum atomic E-state index is 13.3. The Balaban J connectivity index is 1.61. The molecule has 2 aromatic heterocycles. The lowest BCUT2D eigenvalue weighted by Crippen LogP contribution is -2.10. The van der Waals surface area contributed by atoms with Gasteiger partial charge in [-0.15, -0.1) is 5.10 Å². The van der Waals surface area contributed by atoms with Crippen LogP contribution in [0.5, 0.6) is 0 Å². The normalized spacial score (nSPS) is 12.4. The molecule has 0 aliphatic carbocycles. The number of imidazole rings is 1. The van der Waals surface area contributed by atoms with Crippen molar-refractivity contribution in [3.8, 4) is 0 Å². The average molecular weight is 384 g/mol. The Morgan fingerprint density at radius 3 is 2.36 bits per heavy atom. The highest BCUT2D eigenvalue weighted by molar-refractivity contribution is 8.00. The van der Waals surface area contributed by atoms with E-state index >= 15 is 0 Å². The van der Waals surface area contributed by atoms with Gasteiger partial charge >= 0.3 is 0 Å². The van der Waals surface area contributed by atoms with Crippen LogP contribution in [0.25, 0.3) is 16.8 Å². The molecular formula is C22H16N4OS. The Hall–Kier alpha value is -3.38. The summed E-state index contributed by atoms with van der Waals surface area (Å²) in [5.74, 6) is 0.722. The smallest absolute Gasteiger partial charge is 0.231 e. The zero-order valence-electron chi connectivity index (χ0n) is 14.8. The molecule has 1 N–H and O–H groups in total. The van der Waals surface area contributed by atoms with Crippen molar-refractivity contribution in [2.75, 3.05) is 0 Å². The van der Waals surface area contributed by atoms with E-state index in [2.05, 4.69) is 15.2 Å². The average Bonchev–Trinajstić information content (AvgIpc) is 3.32. The third kappa shape index (κ3) is 2.88. The van der Waals surface area contributed by atoms with E-state index in [0.717, 1.165) is 16.6 Å². The Labute approximate surface area is 165 Å². The summed E-state index contributed by atoms with van der Waals surface area (Å²) in [4.78, 5) is 17.9. The molecule has 0 radical (unpaired) electrons. The number of benzene rings is 3. The standard InChI is InChI=1S/C22H16N4OS/c27-19(15-9-3-1-4-10-15)20(16-11-5-2-6-12-16)28-22-25-24-21-23-17-13-7-8-14-18(17)26(21)22/h1-14,20H,(H,23,24)/t20-/m0/s1. The second-order valence-corrected chi connectivity index (χ2v) is 7.48. The molecule has 0 fully saturated rings. The zero-order chi connectivity index (χ0) is 18.9. The van der Waals surface area contributed by atoms with Crippen LogP contribution in [0.1, 0.15) is 21.2 Å². The fourth-order valence-electron chi connectivity index (χ4n) is 3.28. The molecule has 1 atom stereocenters. The first-order valence-electron chi connectivity index (χ1n) is 8.94. The molecule has 0 aliphatic heterocycles. The number of fused-ring (bicyclic) bond motifs is 3. The van der Waals surface area contributed by atoms with Crippen LogP contribution in [-0.4, -0.2) is 25.4 Å². The van der Waals surface area contributed by atoms with Gasteiger partial charge < -0.3 is 0 Å². The van der Waals surface area contributed by atoms with E-state index in [1.165, 1.54) is 11.8 Å².